The highest BCUT2D eigenvalue weighted by Gasteiger charge is 2.18. The smallest absolute Gasteiger partial charge is 0.192 e. The number of methoxy groups -OCH3 is 1. The van der Waals surface area contributed by atoms with Crippen LogP contribution in [-0.2, 0) is 6.54 Å². The topological polar surface area (TPSA) is 39.9 Å². The van der Waals surface area contributed by atoms with Gasteiger partial charge in [0.25, 0.3) is 0 Å². The molecule has 3 aromatic rings. The molecule has 0 amide bonds. The van der Waals surface area contributed by atoms with Crippen molar-refractivity contribution < 1.29 is 4.74 Å². The number of hydrogen-bond donors (Lipinski definition) is 0. The third-order valence-corrected chi connectivity index (χ3v) is 5.47. The van der Waals surface area contributed by atoms with Gasteiger partial charge in [0.1, 0.15) is 5.75 Å². The second kappa shape index (κ2) is 7.93. The van der Waals surface area contributed by atoms with Crippen molar-refractivity contribution in [3.8, 4) is 17.1 Å². The number of benzene rings is 2. The van der Waals surface area contributed by atoms with Gasteiger partial charge in [-0.25, -0.2) is 0 Å². The first-order valence-electron chi connectivity index (χ1n) is 8.12. The Morgan fingerprint density at radius 3 is 2.48 bits per heavy atom. The monoisotopic (exact) mass is 373 g/mol. The fraction of sp³-hybridized carbons (Fsp3) is 0.263. The van der Waals surface area contributed by atoms with E-state index in [1.165, 1.54) is 0 Å². The van der Waals surface area contributed by atoms with Crippen LogP contribution >= 0.6 is 23.4 Å². The molecular formula is C19H20ClN3OS. The standard InChI is InChI=1S/C19H20ClN3OS/c1-4-23-18(14-9-11-15(24-3)12-10-14)21-22-19(23)25-13(2)16-7-5-6-8-17(16)20/h5-13H,4H2,1-3H3/t13-/m1/s1. The Labute approximate surface area is 157 Å². The average molecular weight is 374 g/mol. The van der Waals surface area contributed by atoms with Crippen molar-refractivity contribution in [3.05, 3.63) is 59.1 Å². The van der Waals surface area contributed by atoms with E-state index in [0.717, 1.165) is 39.4 Å². The normalized spacial score (nSPS) is 12.2. The predicted molar refractivity (Wildman–Crippen MR) is 103 cm³/mol. The van der Waals surface area contributed by atoms with E-state index in [9.17, 15) is 0 Å². The number of thioether (sulfide) groups is 1. The van der Waals surface area contributed by atoms with Crippen molar-refractivity contribution in [1.29, 1.82) is 0 Å². The van der Waals surface area contributed by atoms with Crippen LogP contribution in [0.25, 0.3) is 11.4 Å². The summed E-state index contributed by atoms with van der Waals surface area (Å²) in [7, 11) is 1.66. The van der Waals surface area contributed by atoms with Gasteiger partial charge in [0, 0.05) is 22.4 Å². The lowest BCUT2D eigenvalue weighted by Gasteiger charge is -2.14. The molecular weight excluding hydrogens is 354 g/mol. The molecule has 0 N–H and O–H groups in total. The van der Waals surface area contributed by atoms with Crippen molar-refractivity contribution in [2.75, 3.05) is 7.11 Å². The fourth-order valence-corrected chi connectivity index (χ4v) is 4.08. The second-order valence-electron chi connectivity index (χ2n) is 5.56. The molecule has 1 heterocycles. The lowest BCUT2D eigenvalue weighted by atomic mass is 10.2. The highest BCUT2D eigenvalue weighted by molar-refractivity contribution is 7.99. The molecule has 0 bridgehead atoms. The first-order chi connectivity index (χ1) is 12.1. The Morgan fingerprint density at radius 2 is 1.84 bits per heavy atom. The van der Waals surface area contributed by atoms with Crippen LogP contribution in [0.4, 0.5) is 0 Å². The van der Waals surface area contributed by atoms with E-state index in [0.29, 0.717) is 0 Å². The van der Waals surface area contributed by atoms with Gasteiger partial charge >= 0.3 is 0 Å². The van der Waals surface area contributed by atoms with Gasteiger partial charge in [-0.1, -0.05) is 41.6 Å². The molecule has 25 heavy (non-hydrogen) atoms. The van der Waals surface area contributed by atoms with Crippen LogP contribution in [-0.4, -0.2) is 21.9 Å². The van der Waals surface area contributed by atoms with E-state index >= 15 is 0 Å². The maximum Gasteiger partial charge on any atom is 0.192 e. The maximum absolute atomic E-state index is 6.32. The molecule has 0 saturated heterocycles. The van der Waals surface area contributed by atoms with Gasteiger partial charge in [0.15, 0.2) is 11.0 Å². The highest BCUT2D eigenvalue weighted by Crippen LogP contribution is 2.38. The number of hydrogen-bond acceptors (Lipinski definition) is 4. The number of nitrogens with zero attached hydrogens (tertiary/aromatic N) is 3. The van der Waals surface area contributed by atoms with Gasteiger partial charge in [0.2, 0.25) is 0 Å². The first-order valence-corrected chi connectivity index (χ1v) is 9.38. The molecule has 130 valence electrons. The lowest BCUT2D eigenvalue weighted by molar-refractivity contribution is 0.415. The van der Waals surface area contributed by atoms with E-state index < -0.39 is 0 Å². The van der Waals surface area contributed by atoms with Crippen LogP contribution in [0.3, 0.4) is 0 Å². The second-order valence-corrected chi connectivity index (χ2v) is 7.28. The Balaban J connectivity index is 1.88. The molecule has 0 fully saturated rings. The van der Waals surface area contributed by atoms with Crippen LogP contribution in [0.1, 0.15) is 24.7 Å². The summed E-state index contributed by atoms with van der Waals surface area (Å²) in [5.74, 6) is 1.69. The molecule has 0 radical (unpaired) electrons. The van der Waals surface area contributed by atoms with E-state index in [1.807, 2.05) is 42.5 Å². The van der Waals surface area contributed by atoms with Gasteiger partial charge in [-0.3, -0.25) is 0 Å². The van der Waals surface area contributed by atoms with Crippen molar-refractivity contribution >= 4 is 23.4 Å². The van der Waals surface area contributed by atoms with Crippen molar-refractivity contribution in [3.63, 3.8) is 0 Å². The molecule has 6 heteroatoms. The van der Waals surface area contributed by atoms with Gasteiger partial charge in [0.05, 0.1) is 7.11 Å². The summed E-state index contributed by atoms with van der Waals surface area (Å²) in [5, 5.41) is 10.7. The minimum absolute atomic E-state index is 0.187. The van der Waals surface area contributed by atoms with Crippen molar-refractivity contribution in [2.24, 2.45) is 0 Å². The van der Waals surface area contributed by atoms with E-state index in [4.69, 9.17) is 16.3 Å². The zero-order valence-corrected chi connectivity index (χ0v) is 16.0. The number of rotatable bonds is 6. The molecule has 0 spiro atoms. The maximum atomic E-state index is 6.32. The molecule has 0 aliphatic heterocycles. The molecule has 3 rings (SSSR count). The van der Waals surface area contributed by atoms with Gasteiger partial charge in [-0.05, 0) is 49.7 Å². The van der Waals surface area contributed by atoms with Gasteiger partial charge < -0.3 is 9.30 Å². The molecule has 2 aromatic carbocycles. The molecule has 1 atom stereocenters. The Hall–Kier alpha value is -1.98. The van der Waals surface area contributed by atoms with Gasteiger partial charge in [-0.15, -0.1) is 10.2 Å². The van der Waals surface area contributed by atoms with Crippen molar-refractivity contribution in [1.82, 2.24) is 14.8 Å². The molecule has 4 nitrogen and oxygen atoms in total. The molecule has 0 aliphatic carbocycles. The quantitative estimate of drug-likeness (QED) is 0.536. The molecule has 0 aliphatic rings. The minimum atomic E-state index is 0.187. The Kier molecular flexibility index (Phi) is 5.66. The van der Waals surface area contributed by atoms with E-state index in [-0.39, 0.29) is 5.25 Å². The largest absolute Gasteiger partial charge is 0.497 e. The first kappa shape index (κ1) is 17.8. The minimum Gasteiger partial charge on any atom is -0.497 e. The molecule has 0 saturated carbocycles. The predicted octanol–water partition coefficient (Wildman–Crippen LogP) is 5.48. The van der Waals surface area contributed by atoms with E-state index in [2.05, 4.69) is 34.7 Å². The molecule has 0 unspecified atom stereocenters. The Morgan fingerprint density at radius 1 is 1.12 bits per heavy atom. The summed E-state index contributed by atoms with van der Waals surface area (Å²) in [6, 6.07) is 15.8. The average Bonchev–Trinajstić information content (AvgIpc) is 3.04. The summed E-state index contributed by atoms with van der Waals surface area (Å²) >= 11 is 7.99. The van der Waals surface area contributed by atoms with Crippen LogP contribution < -0.4 is 4.74 Å². The summed E-state index contributed by atoms with van der Waals surface area (Å²) in [4.78, 5) is 0. The van der Waals surface area contributed by atoms with Gasteiger partial charge in [-0.2, -0.15) is 0 Å². The van der Waals surface area contributed by atoms with Crippen LogP contribution in [0.15, 0.2) is 53.7 Å². The third-order valence-electron chi connectivity index (χ3n) is 4.01. The summed E-state index contributed by atoms with van der Waals surface area (Å²) in [6.07, 6.45) is 0. The summed E-state index contributed by atoms with van der Waals surface area (Å²) < 4.78 is 7.35. The fourth-order valence-electron chi connectivity index (χ4n) is 2.64. The summed E-state index contributed by atoms with van der Waals surface area (Å²) in [6.45, 7) is 5.03. The number of halogens is 1. The third kappa shape index (κ3) is 3.83. The number of aromatic nitrogens is 3. The van der Waals surface area contributed by atoms with Crippen LogP contribution in [0.2, 0.25) is 5.02 Å². The SMILES string of the molecule is CCn1c(S[C@H](C)c2ccccc2Cl)nnc1-c1ccc(OC)cc1. The van der Waals surface area contributed by atoms with Crippen molar-refractivity contribution in [2.45, 2.75) is 30.8 Å². The zero-order chi connectivity index (χ0) is 17.8. The Bertz CT molecular complexity index is 848. The van der Waals surface area contributed by atoms with E-state index in [1.54, 1.807) is 18.9 Å². The van der Waals surface area contributed by atoms with Crippen LogP contribution in [0, 0.1) is 0 Å². The molecule has 1 aromatic heterocycles. The highest BCUT2D eigenvalue weighted by atomic mass is 35.5. The van der Waals surface area contributed by atoms with Crippen LogP contribution in [0.5, 0.6) is 5.75 Å². The lowest BCUT2D eigenvalue weighted by Crippen LogP contribution is -2.01. The zero-order valence-electron chi connectivity index (χ0n) is 14.4. The number of ether oxygens (including phenoxy) is 1. The summed E-state index contributed by atoms with van der Waals surface area (Å²) in [5.41, 5.74) is 2.12.